The molecule has 0 radical (unpaired) electrons. The quantitative estimate of drug-likeness (QED) is 0.0683. The number of aliphatic hydroxyl groups excluding tert-OH is 17. The third-order valence-electron chi connectivity index (χ3n) is 13.2. The molecule has 12 unspecified atom stereocenters. The van der Waals surface area contributed by atoms with Gasteiger partial charge in [0.05, 0.1) is 51.3 Å². The number of nitrogens with two attached hydrogens (primary N) is 1. The number of aliphatic hydroxyl groups is 17. The lowest BCUT2D eigenvalue weighted by molar-refractivity contribution is -0.391. The van der Waals surface area contributed by atoms with Crippen LogP contribution in [0.2, 0.25) is 0 Å². The number of ether oxygens (including phenoxy) is 11. The third kappa shape index (κ3) is 11.3. The van der Waals surface area contributed by atoms with E-state index in [0.717, 1.165) is 0 Å². The second kappa shape index (κ2) is 23.8. The van der Waals surface area contributed by atoms with Gasteiger partial charge in [-0.25, -0.2) is 0 Å². The molecular weight excluding hydrogens is 930 g/mol. The second-order valence-corrected chi connectivity index (χ2v) is 18.1. The number of hydrogen-bond acceptors (Lipinski definition) is 29. The van der Waals surface area contributed by atoms with Crippen LogP contribution in [0.25, 0.3) is 0 Å². The van der Waals surface area contributed by atoms with Crippen LogP contribution in [-0.2, 0) is 52.1 Å². The van der Waals surface area contributed by atoms with Crippen molar-refractivity contribution in [2.45, 2.75) is 205 Å². The summed E-state index contributed by atoms with van der Waals surface area (Å²) in [7, 11) is 0. The van der Waals surface area contributed by atoms with Gasteiger partial charge in [0, 0.05) is 0 Å². The highest BCUT2D eigenvalue weighted by molar-refractivity contribution is 5.01. The van der Waals surface area contributed by atoms with Crippen molar-refractivity contribution in [1.82, 2.24) is 0 Å². The molecule has 0 aliphatic carbocycles. The van der Waals surface area contributed by atoms with Crippen LogP contribution < -0.4 is 5.73 Å². The minimum Gasteiger partial charge on any atom is -0.394 e. The van der Waals surface area contributed by atoms with Crippen LogP contribution in [0.3, 0.4) is 0 Å². The van der Waals surface area contributed by atoms with Gasteiger partial charge in [0.2, 0.25) is 0 Å². The Morgan fingerprint density at radius 2 is 0.735 bits per heavy atom. The van der Waals surface area contributed by atoms with Gasteiger partial charge in [-0.3, -0.25) is 0 Å². The van der Waals surface area contributed by atoms with Crippen molar-refractivity contribution in [2.75, 3.05) is 33.0 Å². The topological polar surface area (TPSA) is 471 Å². The van der Waals surface area contributed by atoms with Crippen molar-refractivity contribution in [3.8, 4) is 0 Å². The highest BCUT2D eigenvalue weighted by Crippen LogP contribution is 2.37. The zero-order chi connectivity index (χ0) is 50.2. The minimum atomic E-state index is -2.13. The number of hydrogen-bond donors (Lipinski definition) is 18. The maximum Gasteiger partial charge on any atom is 0.187 e. The molecule has 6 heterocycles. The predicted octanol–water partition coefficient (Wildman–Crippen LogP) is -11.4. The summed E-state index contributed by atoms with van der Waals surface area (Å²) >= 11 is 0. The van der Waals surface area contributed by atoms with Crippen molar-refractivity contribution in [3.05, 3.63) is 0 Å². The fourth-order valence-corrected chi connectivity index (χ4v) is 9.09. The molecule has 0 aromatic carbocycles. The molecule has 19 N–H and O–H groups in total. The molecule has 29 nitrogen and oxygen atoms in total. The highest BCUT2D eigenvalue weighted by Gasteiger charge is 2.57. The van der Waals surface area contributed by atoms with Crippen molar-refractivity contribution >= 4 is 0 Å². The Morgan fingerprint density at radius 1 is 0.353 bits per heavy atom. The monoisotopic (exact) mass is 999 g/mol. The summed E-state index contributed by atoms with van der Waals surface area (Å²) in [4.78, 5) is 0. The fraction of sp³-hybridized carbons (Fsp3) is 1.00. The molecule has 0 aromatic heterocycles. The molecule has 0 bridgehead atoms. The maximum atomic E-state index is 11.6. The van der Waals surface area contributed by atoms with E-state index in [1.54, 1.807) is 13.8 Å². The molecule has 0 amide bonds. The van der Waals surface area contributed by atoms with E-state index >= 15 is 0 Å². The van der Waals surface area contributed by atoms with Gasteiger partial charge >= 0.3 is 0 Å². The van der Waals surface area contributed by atoms with Gasteiger partial charge in [-0.2, -0.15) is 0 Å². The molecular formula is C39H69NO28. The third-order valence-corrected chi connectivity index (χ3v) is 13.2. The van der Waals surface area contributed by atoms with Crippen LogP contribution in [0.1, 0.15) is 20.8 Å². The van der Waals surface area contributed by atoms with Crippen LogP contribution in [-0.4, -0.2) is 304 Å². The molecule has 68 heavy (non-hydrogen) atoms. The normalized spacial score (nSPS) is 52.9. The maximum absolute atomic E-state index is 11.6. The Balaban J connectivity index is 1.18. The average Bonchev–Trinajstić information content (AvgIpc) is 3.31. The van der Waals surface area contributed by atoms with E-state index in [-0.39, 0.29) is 5.92 Å². The van der Waals surface area contributed by atoms with Crippen LogP contribution in [0.4, 0.5) is 0 Å². The minimum absolute atomic E-state index is 0.301. The first-order chi connectivity index (χ1) is 32.1. The van der Waals surface area contributed by atoms with E-state index in [1.165, 1.54) is 6.92 Å². The van der Waals surface area contributed by atoms with Crippen LogP contribution in [0.15, 0.2) is 0 Å². The summed E-state index contributed by atoms with van der Waals surface area (Å²) in [5.74, 6) is -0.301. The smallest absolute Gasteiger partial charge is 0.187 e. The standard InChI is InChI=1S/C39H69NO28/c1-9(2)29-23(52)24(53)30(14(7-44)59-29)64-37-27(56)25(54)31(15(8-45)63-37)65-38-28(57)33(20(49)13(6-43)61-38)67-35-16(40)32(19(48)12(5-42)60-35)66-39-34(22(51)18(47)11(4-41)62-39)68-36-26(55)21(50)17(46)10(3)58-36/h9-39,41-57H,4-8,40H2,1-3H3/t10?,11?,12?,13?,14?,15?,16?,17-,18-,19-,20-,21?,22-,23?,24+,25+,26-,27?,28?,29-,30+,31-,32+,33-,34?,35-,36-,37-,38+,39-/m0/s1. The Bertz CT molecular complexity index is 1540. The van der Waals surface area contributed by atoms with E-state index in [2.05, 4.69) is 0 Å². The first-order valence-electron chi connectivity index (χ1n) is 22.3. The van der Waals surface area contributed by atoms with Gasteiger partial charge < -0.3 is 145 Å². The zero-order valence-electron chi connectivity index (χ0n) is 37.1. The Labute approximate surface area is 388 Å². The van der Waals surface area contributed by atoms with Crippen LogP contribution in [0, 0.1) is 5.92 Å². The van der Waals surface area contributed by atoms with Gasteiger partial charge in [-0.05, 0) is 12.8 Å². The molecule has 29 heteroatoms. The fourth-order valence-electron chi connectivity index (χ4n) is 9.09. The first-order valence-corrected chi connectivity index (χ1v) is 22.3. The molecule has 6 aliphatic rings. The van der Waals surface area contributed by atoms with Crippen LogP contribution in [0.5, 0.6) is 0 Å². The van der Waals surface area contributed by atoms with Crippen molar-refractivity contribution in [1.29, 1.82) is 0 Å². The van der Waals surface area contributed by atoms with Gasteiger partial charge in [-0.15, -0.1) is 0 Å². The van der Waals surface area contributed by atoms with E-state index in [9.17, 15) is 86.8 Å². The van der Waals surface area contributed by atoms with E-state index in [1.807, 2.05) is 0 Å². The first kappa shape index (κ1) is 56.1. The van der Waals surface area contributed by atoms with E-state index in [4.69, 9.17) is 57.8 Å². The van der Waals surface area contributed by atoms with E-state index in [0.29, 0.717) is 0 Å². The SMILES string of the molecule is CC1O[C@@H](OC2[C@H](O[C@@H]3C(N)[C@H](O[C@@H]4C(O)[C@@H](O[C@H]5C(CO)O[C@@H](O[C@@H]6C(CO)O[C@@H](C(C)C)C(O)[C@H]6O)C(O)[C@H]5O)OC(CO)[C@@H]4O)OC(CO)[C@@H]3O)OC(CO)[C@H](O)[C@@H]2O)[C@@H](O)C(O)[C@H]1O. The molecule has 0 saturated carbocycles. The average molecular weight is 1000 g/mol. The van der Waals surface area contributed by atoms with Gasteiger partial charge in [0.15, 0.2) is 31.5 Å². The van der Waals surface area contributed by atoms with Gasteiger partial charge in [0.25, 0.3) is 0 Å². The molecule has 6 fully saturated rings. The molecule has 0 spiro atoms. The molecule has 6 rings (SSSR count). The summed E-state index contributed by atoms with van der Waals surface area (Å²) in [6.45, 7) is 0.291. The summed E-state index contributed by atoms with van der Waals surface area (Å²) in [5, 5.41) is 182. The molecule has 0 aromatic rings. The summed E-state index contributed by atoms with van der Waals surface area (Å²) < 4.78 is 63.1. The highest BCUT2D eigenvalue weighted by atomic mass is 16.8. The molecule has 30 atom stereocenters. The Kier molecular flexibility index (Phi) is 19.7. The lowest BCUT2D eigenvalue weighted by atomic mass is 9.89. The lowest BCUT2D eigenvalue weighted by Gasteiger charge is -2.50. The van der Waals surface area contributed by atoms with Gasteiger partial charge in [0.1, 0.15) is 134 Å². The lowest BCUT2D eigenvalue weighted by Crippen LogP contribution is -2.69. The van der Waals surface area contributed by atoms with Crippen LogP contribution >= 0.6 is 0 Å². The van der Waals surface area contributed by atoms with Crippen molar-refractivity contribution in [2.24, 2.45) is 11.7 Å². The molecule has 398 valence electrons. The largest absolute Gasteiger partial charge is 0.394 e. The Morgan fingerprint density at radius 3 is 1.29 bits per heavy atom. The summed E-state index contributed by atoms with van der Waals surface area (Å²) in [6, 6.07) is -1.72. The molecule has 6 saturated heterocycles. The van der Waals surface area contributed by atoms with Crippen molar-refractivity contribution in [3.63, 3.8) is 0 Å². The predicted molar refractivity (Wildman–Crippen MR) is 212 cm³/mol. The Hall–Kier alpha value is -1.16. The van der Waals surface area contributed by atoms with E-state index < -0.39 is 217 Å². The molecule has 6 aliphatic heterocycles. The summed E-state index contributed by atoms with van der Waals surface area (Å²) in [5.41, 5.74) is 6.50. The number of rotatable bonds is 16. The van der Waals surface area contributed by atoms with Gasteiger partial charge in [-0.1, -0.05) is 13.8 Å². The summed E-state index contributed by atoms with van der Waals surface area (Å²) in [6.07, 6.45) is -50.4. The zero-order valence-corrected chi connectivity index (χ0v) is 37.1. The van der Waals surface area contributed by atoms with Crippen molar-refractivity contribution < 1.29 is 139 Å². The second-order valence-electron chi connectivity index (χ2n) is 18.1.